The molecule has 1 aromatic heterocycles. The van der Waals surface area contributed by atoms with E-state index in [0.29, 0.717) is 36.4 Å². The molecule has 0 saturated carbocycles. The largest absolute Gasteiger partial charge is 0.476 e. The maximum Gasteiger partial charge on any atom is 0.410 e. The molecule has 9 nitrogen and oxygen atoms in total. The summed E-state index contributed by atoms with van der Waals surface area (Å²) in [6.07, 6.45) is 0.826. The SMILES string of the molecule is CC(C)(C)OC(=O)N1CCCC(n2nc(-c3ccc(Oc4ccccc4)cc3)c(C#N)c2C(=O)O)C1. The molecule has 36 heavy (non-hydrogen) atoms. The van der Waals surface area contributed by atoms with E-state index in [1.54, 1.807) is 49.9 Å². The quantitative estimate of drug-likeness (QED) is 0.505. The lowest BCUT2D eigenvalue weighted by molar-refractivity contribution is 0.0166. The number of para-hydroxylation sites is 1. The standard InChI is InChI=1S/C27H28N4O5/c1-27(2,3)36-26(34)30-15-7-8-19(17-30)31-24(25(32)33)22(16-28)23(29-31)18-11-13-21(14-12-18)35-20-9-5-4-6-10-20/h4-6,9-14,19H,7-8,15,17H2,1-3H3,(H,32,33). The first-order chi connectivity index (χ1) is 17.2. The lowest BCUT2D eigenvalue weighted by atomic mass is 10.0. The zero-order valence-corrected chi connectivity index (χ0v) is 20.5. The molecule has 1 amide bonds. The second-order valence-corrected chi connectivity index (χ2v) is 9.60. The average Bonchev–Trinajstić information content (AvgIpc) is 3.24. The molecule has 3 aromatic rings. The summed E-state index contributed by atoms with van der Waals surface area (Å²) in [4.78, 5) is 26.4. The number of aromatic carboxylic acids is 1. The van der Waals surface area contributed by atoms with Crippen molar-refractivity contribution in [1.82, 2.24) is 14.7 Å². The Morgan fingerprint density at radius 2 is 1.75 bits per heavy atom. The van der Waals surface area contributed by atoms with Gasteiger partial charge >= 0.3 is 12.1 Å². The van der Waals surface area contributed by atoms with Gasteiger partial charge in [0.2, 0.25) is 0 Å². The summed E-state index contributed by atoms with van der Waals surface area (Å²) in [5.41, 5.74) is 0.0183. The molecule has 1 fully saturated rings. The van der Waals surface area contributed by atoms with Crippen LogP contribution in [0.4, 0.5) is 4.79 Å². The Bertz CT molecular complexity index is 1290. The first-order valence-electron chi connectivity index (χ1n) is 11.7. The van der Waals surface area contributed by atoms with Crippen LogP contribution in [-0.2, 0) is 4.74 Å². The van der Waals surface area contributed by atoms with Crippen LogP contribution >= 0.6 is 0 Å². The van der Waals surface area contributed by atoms with E-state index >= 15 is 0 Å². The number of likely N-dealkylation sites (tertiary alicyclic amines) is 1. The van der Waals surface area contributed by atoms with Gasteiger partial charge in [-0.3, -0.25) is 4.68 Å². The van der Waals surface area contributed by atoms with E-state index in [9.17, 15) is 20.0 Å². The predicted molar refractivity (Wildman–Crippen MR) is 132 cm³/mol. The van der Waals surface area contributed by atoms with Crippen molar-refractivity contribution in [3.8, 4) is 28.8 Å². The Hall–Kier alpha value is -4.32. The number of ether oxygens (including phenoxy) is 2. The maximum absolute atomic E-state index is 12.6. The Kier molecular flexibility index (Phi) is 6.97. The van der Waals surface area contributed by atoms with E-state index in [4.69, 9.17) is 9.47 Å². The van der Waals surface area contributed by atoms with Gasteiger partial charge in [0.25, 0.3) is 0 Å². The van der Waals surface area contributed by atoms with Crippen LogP contribution in [-0.4, -0.2) is 50.5 Å². The van der Waals surface area contributed by atoms with E-state index in [1.165, 1.54) is 4.68 Å². The normalized spacial score (nSPS) is 15.7. The highest BCUT2D eigenvalue weighted by Crippen LogP contribution is 2.32. The first-order valence-corrected chi connectivity index (χ1v) is 11.7. The molecule has 1 aliphatic heterocycles. The lowest BCUT2D eigenvalue weighted by Crippen LogP contribution is -2.44. The summed E-state index contributed by atoms with van der Waals surface area (Å²) in [6, 6.07) is 17.9. The fourth-order valence-corrected chi connectivity index (χ4v) is 4.16. The molecule has 4 rings (SSSR count). The number of hydrogen-bond acceptors (Lipinski definition) is 6. The van der Waals surface area contributed by atoms with Crippen molar-refractivity contribution >= 4 is 12.1 Å². The van der Waals surface area contributed by atoms with Gasteiger partial charge in [-0.15, -0.1) is 0 Å². The van der Waals surface area contributed by atoms with Gasteiger partial charge in [0.1, 0.15) is 34.4 Å². The van der Waals surface area contributed by atoms with E-state index in [0.717, 1.165) is 0 Å². The van der Waals surface area contributed by atoms with E-state index in [-0.39, 0.29) is 23.5 Å². The van der Waals surface area contributed by atoms with Crippen molar-refractivity contribution in [3.05, 3.63) is 65.9 Å². The minimum absolute atomic E-state index is 0.0198. The molecule has 0 spiro atoms. The van der Waals surface area contributed by atoms with Gasteiger partial charge in [0.15, 0.2) is 5.69 Å². The van der Waals surface area contributed by atoms with Gasteiger partial charge in [0, 0.05) is 18.7 Å². The minimum Gasteiger partial charge on any atom is -0.476 e. The molecule has 2 heterocycles. The van der Waals surface area contributed by atoms with Crippen molar-refractivity contribution in [2.45, 2.75) is 45.3 Å². The Balaban J connectivity index is 1.63. The number of carboxylic acids is 1. The number of carbonyl (C=O) groups excluding carboxylic acids is 1. The molecule has 0 bridgehead atoms. The van der Waals surface area contributed by atoms with Gasteiger partial charge < -0.3 is 19.5 Å². The molecule has 0 radical (unpaired) electrons. The van der Waals surface area contributed by atoms with Gasteiger partial charge in [0.05, 0.1) is 6.04 Å². The summed E-state index contributed by atoms with van der Waals surface area (Å²) in [6.45, 7) is 6.14. The van der Waals surface area contributed by atoms with Crippen molar-refractivity contribution < 1.29 is 24.2 Å². The van der Waals surface area contributed by atoms with Crippen LogP contribution in [0.1, 0.15) is 55.7 Å². The molecule has 1 atom stereocenters. The number of aromatic nitrogens is 2. The third-order valence-electron chi connectivity index (χ3n) is 5.73. The smallest absolute Gasteiger partial charge is 0.410 e. The molecule has 2 aromatic carbocycles. The predicted octanol–water partition coefficient (Wildman–Crippen LogP) is 5.48. The summed E-state index contributed by atoms with van der Waals surface area (Å²) in [5.74, 6) is 0.0394. The Morgan fingerprint density at radius 3 is 2.36 bits per heavy atom. The number of nitrogens with zero attached hydrogens (tertiary/aromatic N) is 4. The fraction of sp³-hybridized carbons (Fsp3) is 0.333. The number of hydrogen-bond donors (Lipinski definition) is 1. The average molecular weight is 489 g/mol. The lowest BCUT2D eigenvalue weighted by Gasteiger charge is -2.34. The van der Waals surface area contributed by atoms with Crippen LogP contribution in [0.5, 0.6) is 11.5 Å². The topological polar surface area (TPSA) is 118 Å². The second-order valence-electron chi connectivity index (χ2n) is 9.60. The molecule has 1 aliphatic rings. The van der Waals surface area contributed by atoms with Crippen LogP contribution in [0.25, 0.3) is 11.3 Å². The third kappa shape index (κ3) is 5.49. The third-order valence-corrected chi connectivity index (χ3v) is 5.73. The number of amides is 1. The molecule has 186 valence electrons. The van der Waals surface area contributed by atoms with Gasteiger partial charge in [-0.25, -0.2) is 9.59 Å². The molecular formula is C27H28N4O5. The van der Waals surface area contributed by atoms with Crippen LogP contribution in [0.2, 0.25) is 0 Å². The molecule has 0 aliphatic carbocycles. The Morgan fingerprint density at radius 1 is 1.08 bits per heavy atom. The minimum atomic E-state index is -1.25. The number of benzene rings is 2. The van der Waals surface area contributed by atoms with Crippen LogP contribution < -0.4 is 4.74 Å². The van der Waals surface area contributed by atoms with Gasteiger partial charge in [-0.05, 0) is 70.0 Å². The molecule has 9 heteroatoms. The summed E-state index contributed by atoms with van der Waals surface area (Å²) < 4.78 is 12.7. The van der Waals surface area contributed by atoms with Crippen molar-refractivity contribution in [2.24, 2.45) is 0 Å². The van der Waals surface area contributed by atoms with E-state index in [2.05, 4.69) is 5.10 Å². The number of carbonyl (C=O) groups is 2. The fourth-order valence-electron chi connectivity index (χ4n) is 4.16. The molecule has 1 unspecified atom stereocenters. The van der Waals surface area contributed by atoms with Crippen molar-refractivity contribution in [1.29, 1.82) is 5.26 Å². The highest BCUT2D eigenvalue weighted by molar-refractivity contribution is 5.91. The second kappa shape index (κ2) is 10.1. The van der Waals surface area contributed by atoms with Crippen LogP contribution in [0, 0.1) is 11.3 Å². The van der Waals surface area contributed by atoms with E-state index in [1.807, 2.05) is 36.4 Å². The number of nitriles is 1. The van der Waals surface area contributed by atoms with Gasteiger partial charge in [-0.2, -0.15) is 10.4 Å². The van der Waals surface area contributed by atoms with E-state index < -0.39 is 23.7 Å². The molecule has 1 saturated heterocycles. The molecular weight excluding hydrogens is 460 g/mol. The summed E-state index contributed by atoms with van der Waals surface area (Å²) >= 11 is 0. The first kappa shape index (κ1) is 24.8. The van der Waals surface area contributed by atoms with Crippen molar-refractivity contribution in [2.75, 3.05) is 13.1 Å². The molecule has 1 N–H and O–H groups in total. The highest BCUT2D eigenvalue weighted by Gasteiger charge is 2.33. The summed E-state index contributed by atoms with van der Waals surface area (Å²) in [7, 11) is 0. The number of carboxylic acid groups (broad SMARTS) is 1. The monoisotopic (exact) mass is 488 g/mol. The zero-order valence-electron chi connectivity index (χ0n) is 20.5. The number of piperidine rings is 1. The van der Waals surface area contributed by atoms with Crippen LogP contribution in [0.3, 0.4) is 0 Å². The summed E-state index contributed by atoms with van der Waals surface area (Å²) in [5, 5.41) is 24.4. The van der Waals surface area contributed by atoms with Crippen molar-refractivity contribution in [3.63, 3.8) is 0 Å². The Labute approximate surface area is 209 Å². The highest BCUT2D eigenvalue weighted by atomic mass is 16.6. The van der Waals surface area contributed by atoms with Crippen LogP contribution in [0.15, 0.2) is 54.6 Å². The van der Waals surface area contributed by atoms with Gasteiger partial charge in [-0.1, -0.05) is 18.2 Å². The number of rotatable bonds is 5. The maximum atomic E-state index is 12.6. The zero-order chi connectivity index (χ0) is 25.9.